The number of ketones is 1. The van der Waals surface area contributed by atoms with E-state index < -0.39 is 0 Å². The number of piperidine rings is 3. The molecular weight excluding hydrogens is 318 g/mol. The van der Waals surface area contributed by atoms with E-state index >= 15 is 0 Å². The smallest absolute Gasteiger partial charge is 0.135 e. The summed E-state index contributed by atoms with van der Waals surface area (Å²) in [4.78, 5) is 15.0. The molecule has 3 aliphatic heterocycles. The minimum absolute atomic E-state index is 0.382. The van der Waals surface area contributed by atoms with Gasteiger partial charge in [-0.1, -0.05) is 0 Å². The second kappa shape index (κ2) is 10.6. The predicted octanol–water partition coefficient (Wildman–Crippen LogP) is 0.865. The first-order valence-electron chi connectivity index (χ1n) is 9.64. The van der Waals surface area contributed by atoms with Crippen LogP contribution in [0.5, 0.6) is 0 Å². The average Bonchev–Trinajstić information content (AvgIpc) is 2.54. The molecule has 0 atom stereocenters. The molecule has 3 aliphatic rings. The number of carbonyl (C=O) groups is 1. The summed E-state index contributed by atoms with van der Waals surface area (Å²) >= 11 is 0. The molecule has 0 saturated carbocycles. The van der Waals surface area contributed by atoms with Crippen LogP contribution in [0.2, 0.25) is 0 Å². The van der Waals surface area contributed by atoms with E-state index in [0.717, 1.165) is 77.8 Å². The Morgan fingerprint density at radius 3 is 1.52 bits per heavy atom. The molecule has 0 aromatic rings. The molecule has 3 saturated heterocycles. The zero-order valence-corrected chi connectivity index (χ0v) is 16.7. The lowest BCUT2D eigenvalue weighted by Gasteiger charge is -2.33. The van der Waals surface area contributed by atoms with Crippen LogP contribution in [0, 0.1) is 0 Å². The lowest BCUT2D eigenvalue weighted by molar-refractivity contribution is -0.121. The molecule has 3 heterocycles. The Morgan fingerprint density at radius 2 is 1.20 bits per heavy atom. The number of carbonyl (C=O) groups excluding carboxylic acids is 1. The van der Waals surface area contributed by atoms with E-state index in [1.165, 1.54) is 0 Å². The van der Waals surface area contributed by atoms with Crippen molar-refractivity contribution in [3.63, 3.8) is 0 Å². The van der Waals surface area contributed by atoms with E-state index in [2.05, 4.69) is 22.2 Å². The largest absolute Gasteiger partial charge is 0.390 e. The van der Waals surface area contributed by atoms with Gasteiger partial charge in [-0.2, -0.15) is 0 Å². The molecule has 0 aliphatic carbocycles. The van der Waals surface area contributed by atoms with Crippen molar-refractivity contribution in [2.24, 2.45) is 0 Å². The van der Waals surface area contributed by atoms with Crippen molar-refractivity contribution in [1.29, 1.82) is 0 Å². The van der Waals surface area contributed by atoms with Gasteiger partial charge in [0.25, 0.3) is 0 Å². The molecule has 3 rings (SSSR count). The zero-order chi connectivity index (χ0) is 18.9. The summed E-state index contributed by atoms with van der Waals surface area (Å²) in [5.41, 5.74) is -0.766. The third kappa shape index (κ3) is 10.9. The molecule has 0 amide bonds. The van der Waals surface area contributed by atoms with Gasteiger partial charge in [-0.05, 0) is 66.7 Å². The van der Waals surface area contributed by atoms with Gasteiger partial charge >= 0.3 is 0 Å². The first-order chi connectivity index (χ1) is 11.6. The van der Waals surface area contributed by atoms with Crippen LogP contribution in [-0.4, -0.2) is 90.4 Å². The summed E-state index contributed by atoms with van der Waals surface area (Å²) < 4.78 is 0. The van der Waals surface area contributed by atoms with E-state index in [0.29, 0.717) is 5.78 Å². The van der Waals surface area contributed by atoms with Crippen molar-refractivity contribution < 1.29 is 15.0 Å². The molecule has 0 unspecified atom stereocenters. The van der Waals surface area contributed by atoms with Gasteiger partial charge in [-0.3, -0.25) is 4.79 Å². The Morgan fingerprint density at radius 1 is 0.800 bits per heavy atom. The van der Waals surface area contributed by atoms with Crippen molar-refractivity contribution in [2.45, 2.75) is 63.6 Å². The van der Waals surface area contributed by atoms with E-state index in [1.54, 1.807) is 0 Å². The van der Waals surface area contributed by atoms with E-state index in [4.69, 9.17) is 0 Å². The van der Waals surface area contributed by atoms with Gasteiger partial charge < -0.3 is 25.3 Å². The quantitative estimate of drug-likeness (QED) is 0.597. The monoisotopic (exact) mass is 357 g/mol. The maximum atomic E-state index is 10.6. The van der Waals surface area contributed by atoms with Crippen LogP contribution in [0.15, 0.2) is 0 Å². The van der Waals surface area contributed by atoms with Gasteiger partial charge in [0.15, 0.2) is 0 Å². The molecule has 148 valence electrons. The summed E-state index contributed by atoms with van der Waals surface area (Å²) in [7, 11) is 4.14. The lowest BCUT2D eigenvalue weighted by Crippen LogP contribution is -2.40. The molecule has 25 heavy (non-hydrogen) atoms. The second-order valence-electron chi connectivity index (χ2n) is 8.39. The highest BCUT2D eigenvalue weighted by Crippen LogP contribution is 2.19. The predicted molar refractivity (Wildman–Crippen MR) is 102 cm³/mol. The number of nitrogens with one attached hydrogen (secondary N) is 1. The highest BCUT2D eigenvalue weighted by Gasteiger charge is 2.25. The van der Waals surface area contributed by atoms with E-state index in [-0.39, 0.29) is 11.2 Å². The fourth-order valence-electron chi connectivity index (χ4n) is 2.93. The highest BCUT2D eigenvalue weighted by molar-refractivity contribution is 5.79. The van der Waals surface area contributed by atoms with Crippen LogP contribution in [0.25, 0.3) is 0 Å². The topological polar surface area (TPSA) is 76.0 Å². The number of hydrogen-bond acceptors (Lipinski definition) is 6. The molecule has 0 spiro atoms. The maximum Gasteiger partial charge on any atom is 0.135 e. The van der Waals surface area contributed by atoms with Gasteiger partial charge in [0.05, 0.1) is 11.2 Å². The Hall–Kier alpha value is -0.530. The average molecular weight is 358 g/mol. The van der Waals surface area contributed by atoms with Crippen molar-refractivity contribution in [3.8, 4) is 0 Å². The van der Waals surface area contributed by atoms with Crippen LogP contribution < -0.4 is 5.32 Å². The zero-order valence-electron chi connectivity index (χ0n) is 16.7. The maximum absolute atomic E-state index is 10.6. The Balaban J connectivity index is 0.000000188. The van der Waals surface area contributed by atoms with E-state index in [1.807, 2.05) is 20.9 Å². The number of hydrogen-bond donors (Lipinski definition) is 3. The first kappa shape index (κ1) is 22.5. The van der Waals surface area contributed by atoms with Gasteiger partial charge in [-0.15, -0.1) is 0 Å². The van der Waals surface area contributed by atoms with Crippen LogP contribution in [0.1, 0.15) is 52.4 Å². The fraction of sp³-hybridized carbons (Fsp3) is 0.947. The molecule has 3 N–H and O–H groups in total. The minimum Gasteiger partial charge on any atom is -0.390 e. The summed E-state index contributed by atoms with van der Waals surface area (Å²) in [6.07, 6.45) is 5.15. The van der Waals surface area contributed by atoms with Gasteiger partial charge in [-0.25, -0.2) is 0 Å². The summed E-state index contributed by atoms with van der Waals surface area (Å²) in [6, 6.07) is 0. The third-order valence-electron chi connectivity index (χ3n) is 5.29. The van der Waals surface area contributed by atoms with Crippen LogP contribution in [0.3, 0.4) is 0 Å². The molecule has 6 heteroatoms. The van der Waals surface area contributed by atoms with Crippen molar-refractivity contribution in [2.75, 3.05) is 53.4 Å². The summed E-state index contributed by atoms with van der Waals surface area (Å²) in [5, 5.41) is 22.0. The summed E-state index contributed by atoms with van der Waals surface area (Å²) in [6.45, 7) is 9.73. The van der Waals surface area contributed by atoms with Crippen LogP contribution >= 0.6 is 0 Å². The molecule has 6 nitrogen and oxygen atoms in total. The van der Waals surface area contributed by atoms with Crippen molar-refractivity contribution in [1.82, 2.24) is 15.1 Å². The number of Topliss-reactive ketones (excluding diaryl/α,β-unsaturated/α-hetero) is 1. The number of nitrogens with zero attached hydrogens (tertiary/aromatic N) is 2. The second-order valence-corrected chi connectivity index (χ2v) is 8.39. The minimum atomic E-state index is -0.384. The fourth-order valence-corrected chi connectivity index (χ4v) is 2.93. The Bertz CT molecular complexity index is 371. The van der Waals surface area contributed by atoms with Crippen molar-refractivity contribution >= 4 is 5.78 Å². The number of likely N-dealkylation sites (tertiary alicyclic amines) is 2. The van der Waals surface area contributed by atoms with Gasteiger partial charge in [0, 0.05) is 39.0 Å². The van der Waals surface area contributed by atoms with Gasteiger partial charge in [0.2, 0.25) is 0 Å². The summed E-state index contributed by atoms with van der Waals surface area (Å²) in [5.74, 6) is 0.420. The number of rotatable bonds is 0. The number of aliphatic hydroxyl groups is 2. The molecule has 0 bridgehead atoms. The van der Waals surface area contributed by atoms with Crippen molar-refractivity contribution in [3.05, 3.63) is 0 Å². The van der Waals surface area contributed by atoms with Gasteiger partial charge in [0.1, 0.15) is 5.78 Å². The molecule has 0 radical (unpaired) electrons. The van der Waals surface area contributed by atoms with E-state index in [9.17, 15) is 15.0 Å². The SMILES string of the molecule is CC1(O)CCNCC1.CN1CCC(=O)CC1.CN1CCC(C)(O)CC1. The standard InChI is InChI=1S/C7H15NO.C6H11NO.C6H13NO/c1-7(9)3-5-8(2)6-4-7;1-7-4-2-6(8)3-5-7;1-6(8)2-4-7-5-3-6/h9H,3-6H2,1-2H3;2-5H2,1H3;7-8H,2-5H2,1H3. The Kier molecular flexibility index (Phi) is 9.52. The normalized spacial score (nSPS) is 26.7. The molecule has 3 fully saturated rings. The highest BCUT2D eigenvalue weighted by atomic mass is 16.3. The molecule has 0 aromatic heterocycles. The van der Waals surface area contributed by atoms with Crippen LogP contribution in [0.4, 0.5) is 0 Å². The van der Waals surface area contributed by atoms with Crippen LogP contribution in [-0.2, 0) is 4.79 Å². The Labute approximate surface area is 153 Å². The third-order valence-corrected chi connectivity index (χ3v) is 5.29. The first-order valence-corrected chi connectivity index (χ1v) is 9.64. The molecule has 0 aromatic carbocycles. The lowest BCUT2D eigenvalue weighted by atomic mass is 9.94. The molecular formula is C19H39N3O3.